The number of rotatable bonds is 6. The maximum absolute atomic E-state index is 13.0. The first-order valence-electron chi connectivity index (χ1n) is 9.36. The number of halogens is 2. The van der Waals surface area contributed by atoms with Crippen LogP contribution < -0.4 is 0 Å². The van der Waals surface area contributed by atoms with Gasteiger partial charge < -0.3 is 9.80 Å². The molecule has 142 valence electrons. The number of carbonyl (C=O) groups excluding carboxylic acids is 1. The summed E-state index contributed by atoms with van der Waals surface area (Å²) in [6.07, 6.45) is 4.84. The Bertz CT molecular complexity index is 646. The molecular weight excluding hydrogens is 369 g/mol. The van der Waals surface area contributed by atoms with Gasteiger partial charge in [0.15, 0.2) is 0 Å². The summed E-state index contributed by atoms with van der Waals surface area (Å²) in [5.41, 5.74) is 0.915. The molecule has 2 aliphatic heterocycles. The van der Waals surface area contributed by atoms with Gasteiger partial charge >= 0.3 is 0 Å². The van der Waals surface area contributed by atoms with Crippen molar-refractivity contribution in [1.29, 1.82) is 0 Å². The number of nitrogens with zero attached hydrogens (tertiary/aromatic N) is 3. The molecule has 6 heteroatoms. The Hall–Kier alpha value is -1.07. The molecule has 0 radical (unpaired) electrons. The smallest absolute Gasteiger partial charge is 0.227 e. The zero-order chi connectivity index (χ0) is 18.5. The molecule has 0 aromatic heterocycles. The van der Waals surface area contributed by atoms with Crippen molar-refractivity contribution in [1.82, 2.24) is 14.7 Å². The number of piperazine rings is 1. The lowest BCUT2D eigenvalue weighted by Crippen LogP contribution is -2.58. The lowest BCUT2D eigenvalue weighted by atomic mass is 10.1. The second-order valence-electron chi connectivity index (χ2n) is 7.22. The minimum absolute atomic E-state index is 0.172. The van der Waals surface area contributed by atoms with Gasteiger partial charge in [0.2, 0.25) is 5.91 Å². The van der Waals surface area contributed by atoms with Crippen LogP contribution in [0.25, 0.3) is 0 Å². The minimum atomic E-state index is 0.172. The van der Waals surface area contributed by atoms with E-state index in [1.807, 2.05) is 12.1 Å². The van der Waals surface area contributed by atoms with E-state index >= 15 is 0 Å². The van der Waals surface area contributed by atoms with Crippen LogP contribution in [0, 0.1) is 0 Å². The fourth-order valence-corrected chi connectivity index (χ4v) is 4.26. The van der Waals surface area contributed by atoms with Gasteiger partial charge in [-0.2, -0.15) is 0 Å². The van der Waals surface area contributed by atoms with Crippen molar-refractivity contribution in [2.45, 2.75) is 25.3 Å². The van der Waals surface area contributed by atoms with Crippen LogP contribution in [0.3, 0.4) is 0 Å². The normalized spacial score (nSPS) is 21.9. The molecule has 1 aromatic carbocycles. The van der Waals surface area contributed by atoms with Crippen LogP contribution in [0.4, 0.5) is 0 Å². The number of likely N-dealkylation sites (tertiary alicyclic amines) is 1. The second kappa shape index (κ2) is 9.23. The molecular formula is C20H27Cl2N3O. The molecule has 2 heterocycles. The largest absolute Gasteiger partial charge is 0.336 e. The molecule has 2 aliphatic rings. The van der Waals surface area contributed by atoms with E-state index in [4.69, 9.17) is 23.2 Å². The fourth-order valence-electron chi connectivity index (χ4n) is 3.94. The number of hydrogen-bond donors (Lipinski definition) is 0. The number of amides is 1. The van der Waals surface area contributed by atoms with Gasteiger partial charge in [-0.1, -0.05) is 35.3 Å². The van der Waals surface area contributed by atoms with Gasteiger partial charge in [-0.25, -0.2) is 0 Å². The predicted molar refractivity (Wildman–Crippen MR) is 108 cm³/mol. The summed E-state index contributed by atoms with van der Waals surface area (Å²) in [6, 6.07) is 5.67. The van der Waals surface area contributed by atoms with E-state index in [1.54, 1.807) is 12.1 Å². The fraction of sp³-hybridized carbons (Fsp3) is 0.550. The standard InChI is InChI=1S/C20H27Cl2N3O/c1-2-7-23-10-11-25(17(14-23)15-24-8-3-4-9-24)20(26)13-16-5-6-18(21)19(22)12-16/h2,5-6,12,17H,1,3-4,7-11,13-15H2/t17-/m0/s1. The van der Waals surface area contributed by atoms with Crippen molar-refractivity contribution in [2.24, 2.45) is 0 Å². The van der Waals surface area contributed by atoms with Crippen molar-refractivity contribution < 1.29 is 4.79 Å². The Morgan fingerprint density at radius 3 is 2.58 bits per heavy atom. The van der Waals surface area contributed by atoms with Crippen LogP contribution in [0.1, 0.15) is 18.4 Å². The van der Waals surface area contributed by atoms with Gasteiger partial charge in [0, 0.05) is 32.7 Å². The van der Waals surface area contributed by atoms with Crippen molar-refractivity contribution in [3.05, 3.63) is 46.5 Å². The van der Waals surface area contributed by atoms with Crippen LogP contribution in [-0.4, -0.2) is 72.5 Å². The van der Waals surface area contributed by atoms with E-state index in [2.05, 4.69) is 21.3 Å². The highest BCUT2D eigenvalue weighted by atomic mass is 35.5. The highest BCUT2D eigenvalue weighted by Crippen LogP contribution is 2.23. The first kappa shape index (κ1) is 19.7. The third-order valence-electron chi connectivity index (χ3n) is 5.28. The Labute approximate surface area is 166 Å². The molecule has 1 aromatic rings. The van der Waals surface area contributed by atoms with E-state index < -0.39 is 0 Å². The minimum Gasteiger partial charge on any atom is -0.336 e. The molecule has 3 rings (SSSR count). The van der Waals surface area contributed by atoms with E-state index in [0.717, 1.165) is 51.4 Å². The number of benzene rings is 1. The lowest BCUT2D eigenvalue weighted by molar-refractivity contribution is -0.135. The summed E-state index contributed by atoms with van der Waals surface area (Å²) in [5, 5.41) is 1.02. The van der Waals surface area contributed by atoms with Crippen molar-refractivity contribution in [2.75, 3.05) is 45.8 Å². The third kappa shape index (κ3) is 5.01. The maximum Gasteiger partial charge on any atom is 0.227 e. The topological polar surface area (TPSA) is 26.8 Å². The van der Waals surface area contributed by atoms with Crippen LogP contribution in [0.15, 0.2) is 30.9 Å². The summed E-state index contributed by atoms with van der Waals surface area (Å²) in [4.78, 5) is 19.9. The van der Waals surface area contributed by atoms with Crippen LogP contribution in [0.2, 0.25) is 10.0 Å². The van der Waals surface area contributed by atoms with Crippen molar-refractivity contribution in [3.8, 4) is 0 Å². The van der Waals surface area contributed by atoms with Gasteiger partial charge in [0.1, 0.15) is 0 Å². The molecule has 0 saturated carbocycles. The van der Waals surface area contributed by atoms with Crippen LogP contribution in [-0.2, 0) is 11.2 Å². The molecule has 2 saturated heterocycles. The quantitative estimate of drug-likeness (QED) is 0.691. The van der Waals surface area contributed by atoms with Gasteiger partial charge in [0.05, 0.1) is 22.5 Å². The zero-order valence-electron chi connectivity index (χ0n) is 15.2. The average molecular weight is 396 g/mol. The number of hydrogen-bond acceptors (Lipinski definition) is 3. The zero-order valence-corrected chi connectivity index (χ0v) is 16.7. The first-order chi connectivity index (χ1) is 12.6. The molecule has 1 amide bonds. The molecule has 1 atom stereocenters. The SMILES string of the molecule is C=CCN1CCN(C(=O)Cc2ccc(Cl)c(Cl)c2)[C@H](CN2CCCC2)C1. The molecule has 0 bridgehead atoms. The second-order valence-corrected chi connectivity index (χ2v) is 8.04. The molecule has 26 heavy (non-hydrogen) atoms. The molecule has 0 unspecified atom stereocenters. The number of carbonyl (C=O) groups is 1. The van der Waals surface area contributed by atoms with Crippen LogP contribution >= 0.6 is 23.2 Å². The lowest BCUT2D eigenvalue weighted by Gasteiger charge is -2.42. The predicted octanol–water partition coefficient (Wildman–Crippen LogP) is 3.33. The summed E-state index contributed by atoms with van der Waals surface area (Å²) >= 11 is 12.1. The summed E-state index contributed by atoms with van der Waals surface area (Å²) in [7, 11) is 0. The van der Waals surface area contributed by atoms with Gasteiger partial charge in [-0.05, 0) is 43.6 Å². The maximum atomic E-state index is 13.0. The van der Waals surface area contributed by atoms with Gasteiger partial charge in [0.25, 0.3) is 0 Å². The van der Waals surface area contributed by atoms with E-state index in [1.165, 1.54) is 12.8 Å². The van der Waals surface area contributed by atoms with Gasteiger partial charge in [-0.15, -0.1) is 6.58 Å². The van der Waals surface area contributed by atoms with Gasteiger partial charge in [-0.3, -0.25) is 9.69 Å². The van der Waals surface area contributed by atoms with Crippen molar-refractivity contribution >= 4 is 29.1 Å². The van der Waals surface area contributed by atoms with E-state index in [9.17, 15) is 4.79 Å². The van der Waals surface area contributed by atoms with Crippen LogP contribution in [0.5, 0.6) is 0 Å². The molecule has 0 aliphatic carbocycles. The first-order valence-corrected chi connectivity index (χ1v) is 10.1. The summed E-state index contributed by atoms with van der Waals surface area (Å²) in [5.74, 6) is 0.172. The Morgan fingerprint density at radius 2 is 1.88 bits per heavy atom. The Morgan fingerprint density at radius 1 is 1.12 bits per heavy atom. The van der Waals surface area contributed by atoms with E-state index in [-0.39, 0.29) is 11.9 Å². The highest BCUT2D eigenvalue weighted by molar-refractivity contribution is 6.42. The van der Waals surface area contributed by atoms with Crippen molar-refractivity contribution in [3.63, 3.8) is 0 Å². The third-order valence-corrected chi connectivity index (χ3v) is 6.02. The summed E-state index contributed by atoms with van der Waals surface area (Å²) < 4.78 is 0. The average Bonchev–Trinajstić information content (AvgIpc) is 3.12. The molecule has 0 spiro atoms. The monoisotopic (exact) mass is 395 g/mol. The molecule has 0 N–H and O–H groups in total. The molecule has 2 fully saturated rings. The molecule has 4 nitrogen and oxygen atoms in total. The van der Waals surface area contributed by atoms with E-state index in [0.29, 0.717) is 16.5 Å². The Kier molecular flexibility index (Phi) is 6.98. The highest BCUT2D eigenvalue weighted by Gasteiger charge is 2.31. The Balaban J connectivity index is 1.68. The summed E-state index contributed by atoms with van der Waals surface area (Å²) in [6.45, 7) is 10.6.